The Morgan fingerprint density at radius 2 is 1.95 bits per heavy atom. The second kappa shape index (κ2) is 6.15. The van der Waals surface area contributed by atoms with Gasteiger partial charge in [-0.3, -0.25) is 4.79 Å². The number of aliphatic hydroxyl groups is 1. The van der Waals surface area contributed by atoms with Crippen LogP contribution in [-0.2, 0) is 0 Å². The van der Waals surface area contributed by atoms with Crippen molar-refractivity contribution in [2.24, 2.45) is 0 Å². The van der Waals surface area contributed by atoms with Crippen LogP contribution in [0.2, 0.25) is 0 Å². The van der Waals surface area contributed by atoms with Gasteiger partial charge < -0.3 is 5.11 Å². The molecule has 0 atom stereocenters. The van der Waals surface area contributed by atoms with E-state index >= 15 is 0 Å². The summed E-state index contributed by atoms with van der Waals surface area (Å²) in [4.78, 5) is 12.7. The Bertz CT molecular complexity index is 893. The van der Waals surface area contributed by atoms with Gasteiger partial charge in [0.2, 0.25) is 0 Å². The van der Waals surface area contributed by atoms with Crippen molar-refractivity contribution in [3.8, 4) is 11.8 Å². The number of carbonyl (C=O) groups excluding carboxylic acids is 1. The van der Waals surface area contributed by atoms with E-state index in [0.29, 0.717) is 5.56 Å². The third-order valence-corrected chi connectivity index (χ3v) is 4.38. The molecule has 22 heavy (non-hydrogen) atoms. The first-order chi connectivity index (χ1) is 10.7. The van der Waals surface area contributed by atoms with Crippen molar-refractivity contribution < 1.29 is 9.90 Å². The summed E-state index contributed by atoms with van der Waals surface area (Å²) in [6.07, 6.45) is 0. The average Bonchev–Trinajstić information content (AvgIpc) is 2.95. The summed E-state index contributed by atoms with van der Waals surface area (Å²) in [6.45, 7) is 1.88. The second-order valence-corrected chi connectivity index (χ2v) is 5.93. The number of thiophene rings is 1. The van der Waals surface area contributed by atoms with Crippen LogP contribution in [0, 0.1) is 18.8 Å². The summed E-state index contributed by atoms with van der Waals surface area (Å²) < 4.78 is 1.13. The molecule has 0 amide bonds. The van der Waals surface area contributed by atoms with Crippen molar-refractivity contribution >= 4 is 27.2 Å². The molecule has 2 nitrogen and oxygen atoms in total. The lowest BCUT2D eigenvalue weighted by Crippen LogP contribution is -2.00. The molecule has 0 saturated heterocycles. The van der Waals surface area contributed by atoms with E-state index in [1.54, 1.807) is 35.6 Å². The normalized spacial score (nSPS) is 10.3. The van der Waals surface area contributed by atoms with Gasteiger partial charge in [0.15, 0.2) is 5.78 Å². The minimum atomic E-state index is -0.166. The smallest absolute Gasteiger partial charge is 0.194 e. The highest BCUT2D eigenvalue weighted by Gasteiger charge is 2.14. The second-order valence-electron chi connectivity index (χ2n) is 5.02. The van der Waals surface area contributed by atoms with Gasteiger partial charge in [-0.15, -0.1) is 11.3 Å². The van der Waals surface area contributed by atoms with E-state index in [2.05, 4.69) is 17.9 Å². The third-order valence-electron chi connectivity index (χ3n) is 3.43. The Morgan fingerprint density at radius 1 is 1.18 bits per heavy atom. The molecule has 0 saturated carbocycles. The van der Waals surface area contributed by atoms with E-state index in [0.717, 1.165) is 21.2 Å². The van der Waals surface area contributed by atoms with Gasteiger partial charge in [0, 0.05) is 32.2 Å². The van der Waals surface area contributed by atoms with E-state index in [-0.39, 0.29) is 12.4 Å². The zero-order valence-corrected chi connectivity index (χ0v) is 12.9. The number of hydrogen-bond donors (Lipinski definition) is 1. The Hall–Kier alpha value is -2.41. The molecule has 0 aliphatic rings. The Kier molecular flexibility index (Phi) is 4.06. The first-order valence-corrected chi connectivity index (χ1v) is 7.79. The number of fused-ring (bicyclic) bond motifs is 1. The molecule has 2 aromatic carbocycles. The SMILES string of the molecule is Cc1ccc2c(C(=O)c3ccc(C#CCO)cc3)csc2c1. The maximum atomic E-state index is 12.7. The fourth-order valence-electron chi connectivity index (χ4n) is 2.31. The van der Waals surface area contributed by atoms with Crippen LogP contribution in [0.1, 0.15) is 27.0 Å². The summed E-state index contributed by atoms with van der Waals surface area (Å²) >= 11 is 1.59. The zero-order chi connectivity index (χ0) is 15.5. The molecule has 0 radical (unpaired) electrons. The van der Waals surface area contributed by atoms with Gasteiger partial charge in [0.1, 0.15) is 6.61 Å². The largest absolute Gasteiger partial charge is 0.384 e. The van der Waals surface area contributed by atoms with Crippen molar-refractivity contribution in [2.45, 2.75) is 6.92 Å². The molecule has 0 aliphatic carbocycles. The number of aliphatic hydroxyl groups excluding tert-OH is 1. The maximum Gasteiger partial charge on any atom is 0.194 e. The molecule has 1 N–H and O–H groups in total. The molecule has 0 unspecified atom stereocenters. The van der Waals surface area contributed by atoms with Crippen LogP contribution in [0.15, 0.2) is 47.8 Å². The van der Waals surface area contributed by atoms with Crippen LogP contribution in [0.4, 0.5) is 0 Å². The molecular formula is C19H14O2S. The Labute approximate surface area is 133 Å². The molecule has 0 aliphatic heterocycles. The lowest BCUT2D eigenvalue weighted by molar-refractivity contribution is 0.104. The summed E-state index contributed by atoms with van der Waals surface area (Å²) in [5, 5.41) is 11.6. The maximum absolute atomic E-state index is 12.7. The highest BCUT2D eigenvalue weighted by atomic mass is 32.1. The lowest BCUT2D eigenvalue weighted by atomic mass is 10.0. The fraction of sp³-hybridized carbons (Fsp3) is 0.105. The van der Waals surface area contributed by atoms with E-state index in [1.165, 1.54) is 5.56 Å². The molecule has 1 heterocycles. The molecule has 0 bridgehead atoms. The molecule has 3 rings (SSSR count). The number of benzene rings is 2. The summed E-state index contributed by atoms with van der Waals surface area (Å²) in [6, 6.07) is 13.3. The highest BCUT2D eigenvalue weighted by Crippen LogP contribution is 2.28. The molecule has 108 valence electrons. The van der Waals surface area contributed by atoms with Crippen LogP contribution in [0.5, 0.6) is 0 Å². The third kappa shape index (κ3) is 2.80. The van der Waals surface area contributed by atoms with Gasteiger partial charge in [-0.2, -0.15) is 0 Å². The van der Waals surface area contributed by atoms with Gasteiger partial charge in [-0.1, -0.05) is 24.0 Å². The molecule has 3 aromatic rings. The first-order valence-electron chi connectivity index (χ1n) is 6.91. The van der Waals surface area contributed by atoms with E-state index in [9.17, 15) is 4.79 Å². The lowest BCUT2D eigenvalue weighted by Gasteiger charge is -2.01. The topological polar surface area (TPSA) is 37.3 Å². The van der Waals surface area contributed by atoms with Crippen LogP contribution in [0.25, 0.3) is 10.1 Å². The summed E-state index contributed by atoms with van der Waals surface area (Å²) in [5.74, 6) is 5.44. The van der Waals surface area contributed by atoms with E-state index in [1.807, 2.05) is 24.4 Å². The molecule has 0 spiro atoms. The monoisotopic (exact) mass is 306 g/mol. The predicted octanol–water partition coefficient (Wildman–Crippen LogP) is 3.78. The van der Waals surface area contributed by atoms with Gasteiger partial charge in [-0.05, 0) is 42.8 Å². The number of carbonyl (C=O) groups is 1. The van der Waals surface area contributed by atoms with Gasteiger partial charge in [0.05, 0.1) is 0 Å². The highest BCUT2D eigenvalue weighted by molar-refractivity contribution is 7.17. The number of rotatable bonds is 2. The first kappa shape index (κ1) is 14.5. The van der Waals surface area contributed by atoms with Crippen LogP contribution < -0.4 is 0 Å². The standard InChI is InChI=1S/C19H14O2S/c1-13-4-9-16-17(12-22-18(16)11-13)19(21)15-7-5-14(6-8-15)3-2-10-20/h4-9,11-12,20H,10H2,1H3. The summed E-state index contributed by atoms with van der Waals surface area (Å²) in [7, 11) is 0. The molecular weight excluding hydrogens is 292 g/mol. The van der Waals surface area contributed by atoms with Crippen molar-refractivity contribution in [1.29, 1.82) is 0 Å². The van der Waals surface area contributed by atoms with Gasteiger partial charge in [-0.25, -0.2) is 0 Å². The Balaban J connectivity index is 1.95. The molecule has 1 aromatic heterocycles. The number of aryl methyl sites for hydroxylation is 1. The predicted molar refractivity (Wildman–Crippen MR) is 90.4 cm³/mol. The zero-order valence-electron chi connectivity index (χ0n) is 12.1. The minimum Gasteiger partial charge on any atom is -0.384 e. The average molecular weight is 306 g/mol. The minimum absolute atomic E-state index is 0.0248. The van der Waals surface area contributed by atoms with Crippen molar-refractivity contribution in [3.05, 3.63) is 70.1 Å². The molecule has 0 fully saturated rings. The van der Waals surface area contributed by atoms with Crippen molar-refractivity contribution in [3.63, 3.8) is 0 Å². The van der Waals surface area contributed by atoms with Crippen LogP contribution in [-0.4, -0.2) is 17.5 Å². The van der Waals surface area contributed by atoms with E-state index < -0.39 is 0 Å². The molecule has 3 heteroatoms. The Morgan fingerprint density at radius 3 is 2.68 bits per heavy atom. The van der Waals surface area contributed by atoms with Crippen molar-refractivity contribution in [1.82, 2.24) is 0 Å². The van der Waals surface area contributed by atoms with Gasteiger partial charge >= 0.3 is 0 Å². The van der Waals surface area contributed by atoms with Crippen molar-refractivity contribution in [2.75, 3.05) is 6.61 Å². The summed E-state index contributed by atoms with van der Waals surface area (Å²) in [5.41, 5.74) is 3.38. The quantitative estimate of drug-likeness (QED) is 0.578. The number of ketones is 1. The van der Waals surface area contributed by atoms with Crippen LogP contribution >= 0.6 is 11.3 Å². The number of hydrogen-bond acceptors (Lipinski definition) is 3. The van der Waals surface area contributed by atoms with Crippen LogP contribution in [0.3, 0.4) is 0 Å². The van der Waals surface area contributed by atoms with E-state index in [4.69, 9.17) is 5.11 Å². The fourth-order valence-corrected chi connectivity index (χ4v) is 3.35. The van der Waals surface area contributed by atoms with Gasteiger partial charge in [0.25, 0.3) is 0 Å².